The van der Waals surface area contributed by atoms with Crippen LogP contribution >= 0.6 is 20.7 Å². The Morgan fingerprint density at radius 3 is 2.90 bits per heavy atom. The van der Waals surface area contributed by atoms with Gasteiger partial charge in [0.15, 0.2) is 0 Å². The SMILES string of the molecule is O=c1[nH]nc(C2=CC=IC=C2)cc1-c1[nH]c2ccccc2c1CN1CCOCC1. The van der Waals surface area contributed by atoms with Crippen molar-refractivity contribution in [1.82, 2.24) is 20.1 Å². The van der Waals surface area contributed by atoms with E-state index in [4.69, 9.17) is 4.74 Å². The summed E-state index contributed by atoms with van der Waals surface area (Å²) in [5.74, 6) is 0. The molecule has 2 N–H and O–H groups in total. The summed E-state index contributed by atoms with van der Waals surface area (Å²) < 4.78 is 9.90. The topological polar surface area (TPSA) is 74.0 Å². The second kappa shape index (κ2) is 8.17. The fraction of sp³-hybridized carbons (Fsp3) is 0.227. The van der Waals surface area contributed by atoms with Gasteiger partial charge in [0.2, 0.25) is 0 Å². The fourth-order valence-electron chi connectivity index (χ4n) is 3.79. The fourth-order valence-corrected chi connectivity index (χ4v) is 5.22. The molecule has 29 heavy (non-hydrogen) atoms. The molecule has 148 valence electrons. The van der Waals surface area contributed by atoms with Gasteiger partial charge >= 0.3 is 0 Å². The minimum absolute atomic E-state index is 0.00294. The van der Waals surface area contributed by atoms with Crippen LogP contribution in [-0.4, -0.2) is 50.4 Å². The highest BCUT2D eigenvalue weighted by Crippen LogP contribution is 2.31. The van der Waals surface area contributed by atoms with Gasteiger partial charge in [0.1, 0.15) is 0 Å². The lowest BCUT2D eigenvalue weighted by Gasteiger charge is -2.26. The molecule has 4 heterocycles. The van der Waals surface area contributed by atoms with Gasteiger partial charge in [-0.05, 0) is 37.9 Å². The Hall–Kier alpha value is -2.36. The van der Waals surface area contributed by atoms with Crippen LogP contribution < -0.4 is 5.56 Å². The van der Waals surface area contributed by atoms with Crippen molar-refractivity contribution in [2.24, 2.45) is 0 Å². The first-order valence-electron chi connectivity index (χ1n) is 9.62. The number of benzene rings is 1. The van der Waals surface area contributed by atoms with Crippen molar-refractivity contribution in [3.8, 4) is 11.3 Å². The molecule has 0 atom stereocenters. The number of fused-ring (bicyclic) bond motifs is 1. The van der Waals surface area contributed by atoms with Gasteiger partial charge in [-0.25, -0.2) is 5.10 Å². The maximum atomic E-state index is 12.8. The zero-order valence-corrected chi connectivity index (χ0v) is 18.0. The first-order valence-corrected chi connectivity index (χ1v) is 12.1. The molecular weight excluding hydrogens is 479 g/mol. The minimum Gasteiger partial charge on any atom is -0.379 e. The number of ether oxygens (including phenoxy) is 1. The van der Waals surface area contributed by atoms with E-state index in [0.29, 0.717) is 5.56 Å². The molecule has 5 rings (SSSR count). The van der Waals surface area contributed by atoms with Crippen LogP contribution in [0.2, 0.25) is 0 Å². The van der Waals surface area contributed by atoms with E-state index < -0.39 is 0 Å². The Morgan fingerprint density at radius 2 is 2.07 bits per heavy atom. The van der Waals surface area contributed by atoms with Gasteiger partial charge in [0.25, 0.3) is 5.56 Å². The van der Waals surface area contributed by atoms with Gasteiger partial charge in [0.05, 0.1) is 30.2 Å². The first-order chi connectivity index (χ1) is 14.3. The zero-order valence-electron chi connectivity index (χ0n) is 15.8. The summed E-state index contributed by atoms with van der Waals surface area (Å²) in [6, 6.07) is 10.1. The van der Waals surface area contributed by atoms with Crippen LogP contribution in [0.15, 0.2) is 51.4 Å². The Labute approximate surface area is 178 Å². The molecule has 2 aromatic heterocycles. The van der Waals surface area contributed by atoms with Crippen LogP contribution in [0.1, 0.15) is 11.3 Å². The molecule has 7 heteroatoms. The van der Waals surface area contributed by atoms with E-state index in [2.05, 4.69) is 52.5 Å². The highest BCUT2D eigenvalue weighted by molar-refractivity contribution is 14.2. The van der Waals surface area contributed by atoms with Crippen molar-refractivity contribution in [1.29, 1.82) is 0 Å². The quantitative estimate of drug-likeness (QED) is 0.539. The van der Waals surface area contributed by atoms with Gasteiger partial charge in [-0.1, -0.05) is 38.9 Å². The van der Waals surface area contributed by atoms with E-state index in [1.807, 2.05) is 18.2 Å². The van der Waals surface area contributed by atoms with E-state index in [1.165, 1.54) is 0 Å². The number of hydrogen-bond donors (Lipinski definition) is 2. The molecule has 2 aliphatic rings. The molecule has 2 aliphatic heterocycles. The average molecular weight is 500 g/mol. The van der Waals surface area contributed by atoms with E-state index in [1.54, 1.807) is 0 Å². The van der Waals surface area contributed by atoms with Crippen molar-refractivity contribution in [3.05, 3.63) is 68.2 Å². The molecule has 0 unspecified atom stereocenters. The molecule has 1 saturated heterocycles. The predicted molar refractivity (Wildman–Crippen MR) is 125 cm³/mol. The number of hydrogen-bond acceptors (Lipinski definition) is 4. The first kappa shape index (κ1) is 18.7. The number of H-pyrrole nitrogens is 2. The summed E-state index contributed by atoms with van der Waals surface area (Å²) >= 11 is 0.00294. The number of para-hydroxylation sites is 1. The summed E-state index contributed by atoms with van der Waals surface area (Å²) in [6.45, 7) is 4.07. The third-order valence-electron chi connectivity index (χ3n) is 5.30. The third-order valence-corrected chi connectivity index (χ3v) is 6.85. The number of morpholine rings is 1. The maximum Gasteiger partial charge on any atom is 0.273 e. The molecule has 0 bridgehead atoms. The summed E-state index contributed by atoms with van der Waals surface area (Å²) in [5, 5.41) is 8.14. The normalized spacial score (nSPS) is 17.3. The average Bonchev–Trinajstić information content (AvgIpc) is 3.14. The number of nitrogens with zero attached hydrogens (tertiary/aromatic N) is 2. The standard InChI is InChI=1S/C22H21IN4O2/c28-22-17(13-20(25-26-22)15-5-7-23-8-6-15)21-18(14-27-9-11-29-12-10-27)16-3-1-2-4-19(16)24-21/h1-8,13,24H,9-12,14H2,(H,26,28). The molecule has 1 fully saturated rings. The summed E-state index contributed by atoms with van der Waals surface area (Å²) in [7, 11) is 0. The van der Waals surface area contributed by atoms with E-state index in [9.17, 15) is 4.79 Å². The monoisotopic (exact) mass is 500 g/mol. The van der Waals surface area contributed by atoms with Gasteiger partial charge in [-0.3, -0.25) is 9.69 Å². The molecule has 0 amide bonds. The lowest BCUT2D eigenvalue weighted by atomic mass is 10.0. The number of halogens is 1. The second-order valence-electron chi connectivity index (χ2n) is 7.08. The van der Waals surface area contributed by atoms with Crippen molar-refractivity contribution in [2.45, 2.75) is 6.54 Å². The number of rotatable bonds is 4. The van der Waals surface area contributed by atoms with Crippen LogP contribution in [0.25, 0.3) is 27.7 Å². The van der Waals surface area contributed by atoms with Crippen LogP contribution in [0.3, 0.4) is 0 Å². The zero-order chi connectivity index (χ0) is 19.6. The predicted octanol–water partition coefficient (Wildman–Crippen LogP) is 3.43. The molecule has 0 aliphatic carbocycles. The third kappa shape index (κ3) is 3.77. The lowest BCUT2D eigenvalue weighted by molar-refractivity contribution is 0.0344. The van der Waals surface area contributed by atoms with Gasteiger partial charge in [-0.15, -0.1) is 0 Å². The highest BCUT2D eigenvalue weighted by Gasteiger charge is 2.20. The Balaban J connectivity index is 1.63. The van der Waals surface area contributed by atoms with E-state index >= 15 is 0 Å². The van der Waals surface area contributed by atoms with E-state index in [-0.39, 0.29) is 26.3 Å². The van der Waals surface area contributed by atoms with Crippen LogP contribution in [0.5, 0.6) is 0 Å². The summed E-state index contributed by atoms with van der Waals surface area (Å²) in [4.78, 5) is 18.6. The molecule has 0 spiro atoms. The largest absolute Gasteiger partial charge is 0.379 e. The molecule has 0 saturated carbocycles. The van der Waals surface area contributed by atoms with Crippen LogP contribution in [0.4, 0.5) is 0 Å². The Kier molecular flexibility index (Phi) is 5.26. The number of aromatic amines is 2. The Morgan fingerprint density at radius 1 is 1.21 bits per heavy atom. The highest BCUT2D eigenvalue weighted by atomic mass is 127. The van der Waals surface area contributed by atoms with Crippen molar-refractivity contribution in [2.75, 3.05) is 26.3 Å². The Bertz CT molecular complexity index is 1200. The smallest absolute Gasteiger partial charge is 0.273 e. The number of allylic oxidation sites excluding steroid dienone is 3. The molecule has 6 nitrogen and oxygen atoms in total. The molecule has 0 radical (unpaired) electrons. The van der Waals surface area contributed by atoms with Crippen molar-refractivity contribution >= 4 is 41.2 Å². The van der Waals surface area contributed by atoms with Gasteiger partial charge in [0, 0.05) is 36.1 Å². The van der Waals surface area contributed by atoms with Crippen molar-refractivity contribution in [3.63, 3.8) is 0 Å². The number of nitrogens with one attached hydrogen (secondary N) is 2. The molecule has 3 aromatic rings. The number of aromatic nitrogens is 3. The van der Waals surface area contributed by atoms with Gasteiger partial charge in [-0.2, -0.15) is 5.10 Å². The summed E-state index contributed by atoms with van der Waals surface area (Å²) in [5.41, 5.74) is 5.32. The molecule has 1 aromatic carbocycles. The maximum absolute atomic E-state index is 12.8. The van der Waals surface area contributed by atoms with Crippen LogP contribution in [-0.2, 0) is 11.3 Å². The molecular formula is C22H21IN4O2. The van der Waals surface area contributed by atoms with Crippen molar-refractivity contribution < 1.29 is 4.74 Å². The minimum atomic E-state index is -0.180. The lowest BCUT2D eigenvalue weighted by Crippen LogP contribution is -2.35. The van der Waals surface area contributed by atoms with E-state index in [0.717, 1.165) is 66.3 Å². The van der Waals surface area contributed by atoms with Crippen LogP contribution in [0, 0.1) is 0 Å². The van der Waals surface area contributed by atoms with Gasteiger partial charge < -0.3 is 9.72 Å². The summed E-state index contributed by atoms with van der Waals surface area (Å²) in [6.07, 6.45) is 4.19. The second-order valence-corrected chi connectivity index (χ2v) is 9.23.